The van der Waals surface area contributed by atoms with Crippen molar-refractivity contribution in [2.75, 3.05) is 13.7 Å². The molecule has 0 aliphatic rings. The summed E-state index contributed by atoms with van der Waals surface area (Å²) in [4.78, 5) is 24.9. The van der Waals surface area contributed by atoms with Crippen molar-refractivity contribution in [3.05, 3.63) is 57.0 Å². The number of hydrogen-bond acceptors (Lipinski definition) is 9. The van der Waals surface area contributed by atoms with Gasteiger partial charge in [-0.2, -0.15) is 0 Å². The first-order chi connectivity index (χ1) is 13.8. The van der Waals surface area contributed by atoms with E-state index in [0.29, 0.717) is 22.4 Å². The first kappa shape index (κ1) is 20.7. The fourth-order valence-electron chi connectivity index (χ4n) is 2.74. The molecule has 0 spiro atoms. The average Bonchev–Trinajstić information content (AvgIpc) is 3.10. The molecule has 2 aromatic heterocycles. The molecule has 156 valence electrons. The van der Waals surface area contributed by atoms with E-state index < -0.39 is 36.5 Å². The van der Waals surface area contributed by atoms with Gasteiger partial charge in [0.25, 0.3) is 5.56 Å². The highest BCUT2D eigenvalue weighted by Crippen LogP contribution is 2.23. The number of aromatic nitrogens is 3. The molecule has 0 radical (unpaired) electrons. The number of benzene rings is 1. The van der Waals surface area contributed by atoms with Crippen LogP contribution in [0.15, 0.2) is 44.6 Å². The Hall–Kier alpha value is -2.99. The van der Waals surface area contributed by atoms with E-state index >= 15 is 0 Å². The molecule has 0 fully saturated rings. The highest BCUT2D eigenvalue weighted by Gasteiger charge is 2.22. The number of aliphatic hydroxyl groups is 3. The molecular weight excluding hydrogens is 386 g/mol. The zero-order chi connectivity index (χ0) is 21.1. The first-order valence-corrected chi connectivity index (χ1v) is 8.72. The van der Waals surface area contributed by atoms with Gasteiger partial charge in [0, 0.05) is 23.7 Å². The second-order valence-electron chi connectivity index (χ2n) is 6.35. The number of ether oxygens (including phenoxy) is 2. The quantitative estimate of drug-likeness (QED) is 0.417. The number of fused-ring (bicyclic) bond motifs is 1. The summed E-state index contributed by atoms with van der Waals surface area (Å²) in [5.74, 6) is 0.566. The summed E-state index contributed by atoms with van der Waals surface area (Å²) in [6.07, 6.45) is -2.96. The van der Waals surface area contributed by atoms with Gasteiger partial charge in [-0.15, -0.1) is 0 Å². The number of aliphatic hydroxyl groups excluding tert-OH is 3. The maximum atomic E-state index is 12.7. The molecule has 0 unspecified atom stereocenters. The van der Waals surface area contributed by atoms with Crippen LogP contribution in [0.5, 0.6) is 5.75 Å². The Balaban J connectivity index is 1.94. The Bertz CT molecular complexity index is 1100. The molecule has 3 rings (SSSR count). The zero-order valence-corrected chi connectivity index (χ0v) is 15.8. The minimum Gasteiger partial charge on any atom is -0.497 e. The van der Waals surface area contributed by atoms with Crippen LogP contribution in [0.25, 0.3) is 11.0 Å². The van der Waals surface area contributed by atoms with Crippen molar-refractivity contribution in [3.8, 4) is 5.75 Å². The van der Waals surface area contributed by atoms with Crippen LogP contribution in [-0.2, 0) is 11.3 Å². The van der Waals surface area contributed by atoms with E-state index in [4.69, 9.17) is 14.0 Å². The van der Waals surface area contributed by atoms with Crippen LogP contribution in [-0.4, -0.2) is 55.5 Å². The third-order valence-electron chi connectivity index (χ3n) is 4.41. The largest absolute Gasteiger partial charge is 0.497 e. The van der Waals surface area contributed by atoms with Gasteiger partial charge in [0.2, 0.25) is 6.41 Å². The number of hydrogen-bond donors (Lipinski definition) is 3. The summed E-state index contributed by atoms with van der Waals surface area (Å²) >= 11 is 0. The summed E-state index contributed by atoms with van der Waals surface area (Å²) < 4.78 is 17.1. The summed E-state index contributed by atoms with van der Waals surface area (Å²) in [7, 11) is 1.51. The second-order valence-corrected chi connectivity index (χ2v) is 6.35. The lowest BCUT2D eigenvalue weighted by molar-refractivity contribution is -0.214. The highest BCUT2D eigenvalue weighted by atomic mass is 16.6. The van der Waals surface area contributed by atoms with Crippen LogP contribution in [0.1, 0.15) is 19.0 Å². The first-order valence-electron chi connectivity index (χ1n) is 8.72. The van der Waals surface area contributed by atoms with Crippen LogP contribution in [0.3, 0.4) is 0 Å². The van der Waals surface area contributed by atoms with E-state index in [0.717, 1.165) is 21.4 Å². The van der Waals surface area contributed by atoms with Crippen molar-refractivity contribution < 1.29 is 29.3 Å². The van der Waals surface area contributed by atoms with Gasteiger partial charge in [-0.1, -0.05) is 5.16 Å². The zero-order valence-electron chi connectivity index (χ0n) is 15.8. The van der Waals surface area contributed by atoms with Crippen LogP contribution in [0.4, 0.5) is 0 Å². The van der Waals surface area contributed by atoms with Gasteiger partial charge >= 0.3 is 5.69 Å². The summed E-state index contributed by atoms with van der Waals surface area (Å²) in [5.41, 5.74) is -0.712. The van der Waals surface area contributed by atoms with Crippen molar-refractivity contribution in [1.29, 1.82) is 0 Å². The van der Waals surface area contributed by atoms with Crippen molar-refractivity contribution in [2.24, 2.45) is 0 Å². The Morgan fingerprint density at radius 1 is 1.24 bits per heavy atom. The third kappa shape index (κ3) is 4.22. The normalized spacial score (nSPS) is 14.7. The molecule has 0 bridgehead atoms. The van der Waals surface area contributed by atoms with Gasteiger partial charge in [0.05, 0.1) is 26.4 Å². The molecule has 0 aliphatic carbocycles. The van der Waals surface area contributed by atoms with Crippen LogP contribution >= 0.6 is 0 Å². The van der Waals surface area contributed by atoms with Crippen LogP contribution < -0.4 is 16.0 Å². The topological polar surface area (TPSA) is 149 Å². The predicted octanol–water partition coefficient (Wildman–Crippen LogP) is -0.585. The monoisotopic (exact) mass is 407 g/mol. The fourth-order valence-corrected chi connectivity index (χ4v) is 2.74. The summed E-state index contributed by atoms with van der Waals surface area (Å²) in [6.45, 7) is 0.587. The van der Waals surface area contributed by atoms with E-state index in [2.05, 4.69) is 5.16 Å². The maximum Gasteiger partial charge on any atom is 0.335 e. The predicted molar refractivity (Wildman–Crippen MR) is 99.5 cm³/mol. The Morgan fingerprint density at radius 3 is 2.66 bits per heavy atom. The molecule has 0 saturated heterocycles. The van der Waals surface area contributed by atoms with Crippen LogP contribution in [0, 0.1) is 0 Å². The molecular formula is C18H21N3O8. The van der Waals surface area contributed by atoms with Gasteiger partial charge in [0.15, 0.2) is 5.58 Å². The molecule has 2 heterocycles. The van der Waals surface area contributed by atoms with Crippen LogP contribution in [0.2, 0.25) is 0 Å². The number of methoxy groups -OCH3 is 1. The Kier molecular flexibility index (Phi) is 6.13. The SMILES string of the molecule is COc1ccc2c(Cn3c(=O)ccn([C@@H](O)O[C@H](CO)[C@@H](C)O)c3=O)noc2c1. The molecule has 11 heteroatoms. The second kappa shape index (κ2) is 8.57. The standard InChI is InChI=1S/C18H21N3O8/c1-10(23)15(9-22)28-18(26)20-6-5-16(24)21(17(20)25)8-13-12-4-3-11(27-2)7-14(12)29-19-13/h3-7,10,15,18,22-23,26H,8-9H2,1-2H3/t10-,15-,18+/m1/s1. The minimum absolute atomic E-state index is 0.204. The van der Waals surface area contributed by atoms with Gasteiger partial charge in [0.1, 0.15) is 17.5 Å². The summed E-state index contributed by atoms with van der Waals surface area (Å²) in [5, 5.41) is 33.4. The lowest BCUT2D eigenvalue weighted by Crippen LogP contribution is -2.43. The average molecular weight is 407 g/mol. The molecule has 1 aromatic carbocycles. The van der Waals surface area contributed by atoms with Gasteiger partial charge in [-0.3, -0.25) is 13.9 Å². The van der Waals surface area contributed by atoms with Crippen molar-refractivity contribution in [2.45, 2.75) is 32.1 Å². The van der Waals surface area contributed by atoms with E-state index in [9.17, 15) is 24.9 Å². The minimum atomic E-state index is -1.82. The van der Waals surface area contributed by atoms with Crippen molar-refractivity contribution >= 4 is 11.0 Å². The highest BCUT2D eigenvalue weighted by molar-refractivity contribution is 5.80. The van der Waals surface area contributed by atoms with E-state index in [-0.39, 0.29) is 6.54 Å². The van der Waals surface area contributed by atoms with Crippen molar-refractivity contribution in [3.63, 3.8) is 0 Å². The van der Waals surface area contributed by atoms with E-state index in [1.807, 2.05) is 0 Å². The summed E-state index contributed by atoms with van der Waals surface area (Å²) in [6, 6.07) is 6.09. The van der Waals surface area contributed by atoms with Crippen molar-refractivity contribution in [1.82, 2.24) is 14.3 Å². The van der Waals surface area contributed by atoms with E-state index in [1.165, 1.54) is 14.0 Å². The van der Waals surface area contributed by atoms with Gasteiger partial charge in [-0.25, -0.2) is 4.79 Å². The lowest BCUT2D eigenvalue weighted by atomic mass is 10.2. The molecule has 3 aromatic rings. The van der Waals surface area contributed by atoms with Gasteiger partial charge in [-0.05, 0) is 19.1 Å². The van der Waals surface area contributed by atoms with E-state index in [1.54, 1.807) is 18.2 Å². The van der Waals surface area contributed by atoms with Gasteiger partial charge < -0.3 is 29.3 Å². The number of nitrogens with zero attached hydrogens (tertiary/aromatic N) is 3. The smallest absolute Gasteiger partial charge is 0.335 e. The molecule has 29 heavy (non-hydrogen) atoms. The number of rotatable bonds is 8. The Morgan fingerprint density at radius 2 is 2.00 bits per heavy atom. The Labute approximate surface area is 163 Å². The molecule has 0 aliphatic heterocycles. The molecule has 11 nitrogen and oxygen atoms in total. The fraction of sp³-hybridized carbons (Fsp3) is 0.389. The third-order valence-corrected chi connectivity index (χ3v) is 4.41. The molecule has 3 N–H and O–H groups in total. The molecule has 0 saturated carbocycles. The molecule has 3 atom stereocenters. The lowest BCUT2D eigenvalue weighted by Gasteiger charge is -2.23. The molecule has 0 amide bonds. The maximum absolute atomic E-state index is 12.7.